The van der Waals surface area contributed by atoms with E-state index in [1.54, 1.807) is 4.68 Å². The van der Waals surface area contributed by atoms with Gasteiger partial charge in [-0.2, -0.15) is 0 Å². The van der Waals surface area contributed by atoms with Gasteiger partial charge in [-0.1, -0.05) is 36.3 Å². The third kappa shape index (κ3) is 3.28. The highest BCUT2D eigenvalue weighted by atomic mass is 35.5. The summed E-state index contributed by atoms with van der Waals surface area (Å²) in [6.45, 7) is 0.416. The Labute approximate surface area is 134 Å². The number of hydrogen-bond acceptors (Lipinski definition) is 4. The predicted octanol–water partition coefficient (Wildman–Crippen LogP) is 2.18. The van der Waals surface area contributed by atoms with Crippen LogP contribution in [0.25, 0.3) is 5.69 Å². The highest BCUT2D eigenvalue weighted by molar-refractivity contribution is 5.85. The van der Waals surface area contributed by atoms with Crippen molar-refractivity contribution in [3.05, 3.63) is 42.2 Å². The van der Waals surface area contributed by atoms with Crippen LogP contribution < -0.4 is 5.32 Å². The topological polar surface area (TPSA) is 80.0 Å². The van der Waals surface area contributed by atoms with E-state index in [0.29, 0.717) is 19.4 Å². The largest absolute Gasteiger partial charge is 0.480 e. The molecule has 1 fully saturated rings. The summed E-state index contributed by atoms with van der Waals surface area (Å²) >= 11 is 0. The Balaban J connectivity index is 0.00000176. The standard InChI is InChI=1S/C15H18N4O2.ClH/c20-14(21)15(8-4-5-9-15)16-10-12-11-19(18-17-12)13-6-2-1-3-7-13;/h1-3,6-7,11,16H,4-5,8-10H2,(H,20,21);1H. The van der Waals surface area contributed by atoms with Crippen LogP contribution in [0.2, 0.25) is 0 Å². The number of para-hydroxylation sites is 1. The number of halogens is 1. The smallest absolute Gasteiger partial charge is 0.323 e. The zero-order valence-electron chi connectivity index (χ0n) is 12.1. The zero-order chi connectivity index (χ0) is 14.7. The number of nitrogens with zero attached hydrogens (tertiary/aromatic N) is 3. The van der Waals surface area contributed by atoms with E-state index in [0.717, 1.165) is 24.2 Å². The summed E-state index contributed by atoms with van der Waals surface area (Å²) in [7, 11) is 0. The molecule has 2 aromatic rings. The minimum atomic E-state index is -0.795. The van der Waals surface area contributed by atoms with E-state index in [4.69, 9.17) is 0 Å². The molecule has 1 aliphatic rings. The Hall–Kier alpha value is -1.92. The van der Waals surface area contributed by atoms with Crippen LogP contribution in [0.4, 0.5) is 0 Å². The number of aliphatic carboxylic acids is 1. The van der Waals surface area contributed by atoms with Crippen LogP contribution in [0.15, 0.2) is 36.5 Å². The summed E-state index contributed by atoms with van der Waals surface area (Å²) in [6, 6.07) is 9.71. The average Bonchev–Trinajstić information content (AvgIpc) is 3.16. The van der Waals surface area contributed by atoms with E-state index in [9.17, 15) is 9.90 Å². The van der Waals surface area contributed by atoms with Crippen molar-refractivity contribution in [3.63, 3.8) is 0 Å². The molecule has 1 saturated carbocycles. The van der Waals surface area contributed by atoms with Gasteiger partial charge in [0.2, 0.25) is 0 Å². The van der Waals surface area contributed by atoms with Crippen LogP contribution in [-0.4, -0.2) is 31.6 Å². The quantitative estimate of drug-likeness (QED) is 0.882. The predicted molar refractivity (Wildman–Crippen MR) is 84.3 cm³/mol. The van der Waals surface area contributed by atoms with Gasteiger partial charge in [-0.15, -0.1) is 17.5 Å². The number of carboxylic acid groups (broad SMARTS) is 1. The van der Waals surface area contributed by atoms with Crippen molar-refractivity contribution in [3.8, 4) is 5.69 Å². The minimum Gasteiger partial charge on any atom is -0.480 e. The lowest BCUT2D eigenvalue weighted by molar-refractivity contribution is -0.144. The van der Waals surface area contributed by atoms with Crippen molar-refractivity contribution < 1.29 is 9.90 Å². The highest BCUT2D eigenvalue weighted by Gasteiger charge is 2.40. The van der Waals surface area contributed by atoms with Gasteiger partial charge >= 0.3 is 5.97 Å². The van der Waals surface area contributed by atoms with Gasteiger partial charge in [-0.3, -0.25) is 10.1 Å². The van der Waals surface area contributed by atoms with Gasteiger partial charge in [0.25, 0.3) is 0 Å². The Bertz CT molecular complexity index is 623. The van der Waals surface area contributed by atoms with Gasteiger partial charge in [0.1, 0.15) is 5.54 Å². The molecule has 0 unspecified atom stereocenters. The SMILES string of the molecule is Cl.O=C(O)C1(NCc2cn(-c3ccccc3)nn2)CCCC1. The van der Waals surface area contributed by atoms with Crippen molar-refractivity contribution in [2.24, 2.45) is 0 Å². The second-order valence-corrected chi connectivity index (χ2v) is 5.44. The van der Waals surface area contributed by atoms with Crippen LogP contribution >= 0.6 is 12.4 Å². The maximum atomic E-state index is 11.5. The molecule has 0 aliphatic heterocycles. The van der Waals surface area contributed by atoms with Gasteiger partial charge in [0.15, 0.2) is 0 Å². The Morgan fingerprint density at radius 3 is 2.59 bits per heavy atom. The van der Waals surface area contributed by atoms with Crippen molar-refractivity contribution in [2.75, 3.05) is 0 Å². The Kier molecular flexibility index (Phi) is 5.15. The average molecular weight is 323 g/mol. The monoisotopic (exact) mass is 322 g/mol. The van der Waals surface area contributed by atoms with E-state index < -0.39 is 11.5 Å². The molecule has 3 rings (SSSR count). The number of hydrogen-bond donors (Lipinski definition) is 2. The molecule has 0 bridgehead atoms. The number of rotatable bonds is 5. The minimum absolute atomic E-state index is 0. The molecule has 0 saturated heterocycles. The number of benzene rings is 1. The van der Waals surface area contributed by atoms with Gasteiger partial charge in [-0.05, 0) is 25.0 Å². The maximum absolute atomic E-state index is 11.5. The molecule has 7 heteroatoms. The van der Waals surface area contributed by atoms with Gasteiger partial charge in [0, 0.05) is 6.54 Å². The van der Waals surface area contributed by atoms with E-state index >= 15 is 0 Å². The van der Waals surface area contributed by atoms with Gasteiger partial charge in [-0.25, -0.2) is 4.68 Å². The van der Waals surface area contributed by atoms with Gasteiger partial charge < -0.3 is 5.11 Å². The van der Waals surface area contributed by atoms with Gasteiger partial charge in [0.05, 0.1) is 17.6 Å². The number of aromatic nitrogens is 3. The molecule has 1 aliphatic carbocycles. The summed E-state index contributed by atoms with van der Waals surface area (Å²) in [6.07, 6.45) is 5.09. The number of carboxylic acids is 1. The molecule has 1 heterocycles. The summed E-state index contributed by atoms with van der Waals surface area (Å²) in [5.41, 5.74) is 0.882. The second-order valence-electron chi connectivity index (χ2n) is 5.44. The van der Waals surface area contributed by atoms with E-state index in [2.05, 4.69) is 15.6 Å². The molecule has 0 atom stereocenters. The van der Waals surface area contributed by atoms with Crippen LogP contribution in [-0.2, 0) is 11.3 Å². The lowest BCUT2D eigenvalue weighted by Gasteiger charge is -2.24. The first-order valence-corrected chi connectivity index (χ1v) is 7.15. The molecule has 118 valence electrons. The van der Waals surface area contributed by atoms with Crippen molar-refractivity contribution >= 4 is 18.4 Å². The molecule has 6 nitrogen and oxygen atoms in total. The summed E-state index contributed by atoms with van der Waals surface area (Å²) in [5, 5.41) is 20.8. The molecule has 1 aromatic heterocycles. The number of carbonyl (C=O) groups is 1. The molecular weight excluding hydrogens is 304 g/mol. The molecule has 1 aromatic carbocycles. The van der Waals surface area contributed by atoms with E-state index in [1.807, 2.05) is 36.5 Å². The van der Waals surface area contributed by atoms with Crippen LogP contribution in [0.5, 0.6) is 0 Å². The normalized spacial score (nSPS) is 16.2. The van der Waals surface area contributed by atoms with Crippen LogP contribution in [0.3, 0.4) is 0 Å². The first-order valence-electron chi connectivity index (χ1n) is 7.15. The lowest BCUT2D eigenvalue weighted by Crippen LogP contribution is -2.49. The van der Waals surface area contributed by atoms with Crippen LogP contribution in [0, 0.1) is 0 Å². The summed E-state index contributed by atoms with van der Waals surface area (Å²) in [4.78, 5) is 11.5. The molecule has 0 radical (unpaired) electrons. The zero-order valence-corrected chi connectivity index (χ0v) is 12.9. The molecule has 2 N–H and O–H groups in total. The lowest BCUT2D eigenvalue weighted by atomic mass is 9.98. The summed E-state index contributed by atoms with van der Waals surface area (Å²) in [5.74, 6) is -0.768. The fourth-order valence-corrected chi connectivity index (χ4v) is 2.79. The second kappa shape index (κ2) is 6.89. The van der Waals surface area contributed by atoms with E-state index in [-0.39, 0.29) is 12.4 Å². The Morgan fingerprint density at radius 1 is 1.27 bits per heavy atom. The molecule has 22 heavy (non-hydrogen) atoms. The highest BCUT2D eigenvalue weighted by Crippen LogP contribution is 2.30. The summed E-state index contributed by atoms with van der Waals surface area (Å²) < 4.78 is 1.69. The molecule has 0 amide bonds. The molecule has 0 spiro atoms. The maximum Gasteiger partial charge on any atom is 0.323 e. The van der Waals surface area contributed by atoms with Crippen molar-refractivity contribution in [1.29, 1.82) is 0 Å². The van der Waals surface area contributed by atoms with Crippen molar-refractivity contribution in [1.82, 2.24) is 20.3 Å². The van der Waals surface area contributed by atoms with Crippen molar-refractivity contribution in [2.45, 2.75) is 37.8 Å². The fourth-order valence-electron chi connectivity index (χ4n) is 2.79. The first-order chi connectivity index (χ1) is 10.2. The Morgan fingerprint density at radius 2 is 1.95 bits per heavy atom. The fraction of sp³-hybridized carbons (Fsp3) is 0.400. The third-order valence-corrected chi connectivity index (χ3v) is 4.04. The van der Waals surface area contributed by atoms with Crippen LogP contribution in [0.1, 0.15) is 31.4 Å². The number of nitrogens with one attached hydrogen (secondary N) is 1. The third-order valence-electron chi connectivity index (χ3n) is 4.04. The first kappa shape index (κ1) is 16.5. The van der Waals surface area contributed by atoms with E-state index in [1.165, 1.54) is 0 Å². The molecular formula is C15H19ClN4O2.